The number of likely N-dealkylation sites (tertiary alicyclic amines) is 1. The second-order valence-electron chi connectivity index (χ2n) is 4.31. The Labute approximate surface area is 104 Å². The molecule has 0 bridgehead atoms. The molecule has 1 saturated heterocycles. The minimum Gasteiger partial charge on any atom is -0.398 e. The van der Waals surface area contributed by atoms with Crippen molar-refractivity contribution in [3.8, 4) is 0 Å². The number of hydrogen-bond donors (Lipinski definition) is 2. The number of amides is 2. The van der Waals surface area contributed by atoms with E-state index in [0.29, 0.717) is 13.0 Å². The number of halogens is 1. The Morgan fingerprint density at radius 2 is 2.28 bits per heavy atom. The first-order valence-corrected chi connectivity index (χ1v) is 5.60. The molecule has 0 aliphatic carbocycles. The predicted octanol–water partition coefficient (Wildman–Crippen LogP) is 0.368. The van der Waals surface area contributed by atoms with Crippen LogP contribution in [0.4, 0.5) is 10.1 Å². The molecule has 6 heteroatoms. The molecule has 1 atom stereocenters. The third-order valence-corrected chi connectivity index (χ3v) is 2.99. The molecule has 1 aliphatic heterocycles. The molecule has 0 saturated carbocycles. The van der Waals surface area contributed by atoms with Crippen LogP contribution < -0.4 is 11.1 Å². The van der Waals surface area contributed by atoms with Gasteiger partial charge in [-0.25, -0.2) is 4.39 Å². The van der Waals surface area contributed by atoms with E-state index in [0.717, 1.165) is 12.1 Å². The van der Waals surface area contributed by atoms with Crippen LogP contribution in [0.3, 0.4) is 0 Å². The highest BCUT2D eigenvalue weighted by Crippen LogP contribution is 2.15. The summed E-state index contributed by atoms with van der Waals surface area (Å²) in [5.41, 5.74) is 5.80. The van der Waals surface area contributed by atoms with Gasteiger partial charge in [-0.05, 0) is 24.6 Å². The highest BCUT2D eigenvalue weighted by atomic mass is 19.1. The fourth-order valence-corrected chi connectivity index (χ4v) is 1.93. The lowest BCUT2D eigenvalue weighted by Gasteiger charge is -2.13. The molecule has 1 aromatic carbocycles. The zero-order chi connectivity index (χ0) is 13.3. The highest BCUT2D eigenvalue weighted by molar-refractivity contribution is 6.01. The zero-order valence-electron chi connectivity index (χ0n) is 9.94. The molecular weight excluding hydrogens is 237 g/mol. The van der Waals surface area contributed by atoms with Crippen molar-refractivity contribution in [1.29, 1.82) is 0 Å². The van der Waals surface area contributed by atoms with Gasteiger partial charge in [-0.3, -0.25) is 9.59 Å². The topological polar surface area (TPSA) is 75.4 Å². The van der Waals surface area contributed by atoms with Crippen LogP contribution in [-0.4, -0.2) is 36.3 Å². The van der Waals surface area contributed by atoms with Crippen LogP contribution in [0.15, 0.2) is 18.2 Å². The number of carbonyl (C=O) groups excluding carboxylic acids is 2. The van der Waals surface area contributed by atoms with Gasteiger partial charge < -0.3 is 16.0 Å². The van der Waals surface area contributed by atoms with E-state index in [9.17, 15) is 14.0 Å². The predicted molar refractivity (Wildman–Crippen MR) is 64.3 cm³/mol. The maximum atomic E-state index is 12.9. The van der Waals surface area contributed by atoms with Crippen LogP contribution in [0.5, 0.6) is 0 Å². The van der Waals surface area contributed by atoms with Gasteiger partial charge in [0.15, 0.2) is 0 Å². The third-order valence-electron chi connectivity index (χ3n) is 2.99. The first kappa shape index (κ1) is 12.3. The molecule has 1 heterocycles. The summed E-state index contributed by atoms with van der Waals surface area (Å²) in [6, 6.07) is 3.03. The number of nitrogens with zero attached hydrogens (tertiary/aromatic N) is 1. The van der Waals surface area contributed by atoms with Crippen molar-refractivity contribution in [1.82, 2.24) is 10.2 Å². The van der Waals surface area contributed by atoms with E-state index in [1.54, 1.807) is 11.9 Å². The van der Waals surface area contributed by atoms with Crippen molar-refractivity contribution in [3.63, 3.8) is 0 Å². The number of hydrogen-bond acceptors (Lipinski definition) is 3. The molecule has 1 fully saturated rings. The van der Waals surface area contributed by atoms with Crippen molar-refractivity contribution in [2.24, 2.45) is 0 Å². The normalized spacial score (nSPS) is 19.1. The van der Waals surface area contributed by atoms with Crippen LogP contribution in [0.2, 0.25) is 0 Å². The number of benzene rings is 1. The largest absolute Gasteiger partial charge is 0.398 e. The van der Waals surface area contributed by atoms with Crippen LogP contribution in [0, 0.1) is 5.82 Å². The summed E-state index contributed by atoms with van der Waals surface area (Å²) in [4.78, 5) is 25.1. The minimum absolute atomic E-state index is 0.0614. The molecule has 18 heavy (non-hydrogen) atoms. The Hall–Kier alpha value is -2.11. The molecule has 1 unspecified atom stereocenters. The van der Waals surface area contributed by atoms with Crippen LogP contribution in [0.25, 0.3) is 0 Å². The van der Waals surface area contributed by atoms with E-state index in [-0.39, 0.29) is 17.2 Å². The van der Waals surface area contributed by atoms with Gasteiger partial charge in [0, 0.05) is 19.3 Å². The lowest BCUT2D eigenvalue weighted by Crippen LogP contribution is -2.40. The Balaban J connectivity index is 2.11. The first-order chi connectivity index (χ1) is 8.49. The van der Waals surface area contributed by atoms with Gasteiger partial charge in [0.05, 0.1) is 5.56 Å². The summed E-state index contributed by atoms with van der Waals surface area (Å²) in [5.74, 6) is -1.08. The summed E-state index contributed by atoms with van der Waals surface area (Å²) in [7, 11) is 1.68. The minimum atomic E-state index is -0.521. The van der Waals surface area contributed by atoms with E-state index >= 15 is 0 Å². The molecule has 2 rings (SSSR count). The van der Waals surface area contributed by atoms with Gasteiger partial charge in [0.2, 0.25) is 5.91 Å². The van der Waals surface area contributed by atoms with Crippen molar-refractivity contribution in [3.05, 3.63) is 29.6 Å². The molecule has 2 amide bonds. The van der Waals surface area contributed by atoms with Gasteiger partial charge in [-0.2, -0.15) is 0 Å². The second-order valence-corrected chi connectivity index (χ2v) is 4.31. The van der Waals surface area contributed by atoms with Crippen LogP contribution in [0.1, 0.15) is 16.8 Å². The van der Waals surface area contributed by atoms with Gasteiger partial charge >= 0.3 is 0 Å². The lowest BCUT2D eigenvalue weighted by molar-refractivity contribution is -0.128. The molecule has 0 aromatic heterocycles. The summed E-state index contributed by atoms with van der Waals surface area (Å²) in [6.45, 7) is 0.614. The van der Waals surface area contributed by atoms with Crippen LogP contribution in [-0.2, 0) is 4.79 Å². The summed E-state index contributed by atoms with van der Waals surface area (Å²) in [6.07, 6.45) is 0.572. The van der Waals surface area contributed by atoms with Gasteiger partial charge in [-0.1, -0.05) is 0 Å². The van der Waals surface area contributed by atoms with Crippen molar-refractivity contribution < 1.29 is 14.0 Å². The number of rotatable bonds is 2. The Morgan fingerprint density at radius 3 is 2.83 bits per heavy atom. The van der Waals surface area contributed by atoms with Crippen molar-refractivity contribution in [2.45, 2.75) is 12.5 Å². The second kappa shape index (κ2) is 4.64. The molecule has 96 valence electrons. The van der Waals surface area contributed by atoms with Gasteiger partial charge in [0.25, 0.3) is 5.91 Å². The zero-order valence-corrected chi connectivity index (χ0v) is 9.94. The standard InChI is InChI=1S/C12H14FN3O2/c1-16-5-4-10(12(16)18)15-11(17)8-3-2-7(13)6-9(8)14/h2-3,6,10H,4-5,14H2,1H3,(H,15,17). The van der Waals surface area contributed by atoms with Crippen LogP contribution >= 0.6 is 0 Å². The molecule has 1 aromatic rings. The SMILES string of the molecule is CN1CCC(NC(=O)c2ccc(F)cc2N)C1=O. The molecule has 0 radical (unpaired) electrons. The van der Waals surface area contributed by atoms with E-state index in [1.165, 1.54) is 6.07 Å². The Kier molecular flexibility index (Phi) is 3.18. The quantitative estimate of drug-likeness (QED) is 0.746. The molecule has 1 aliphatic rings. The molecule has 3 N–H and O–H groups in total. The van der Waals surface area contributed by atoms with E-state index in [1.807, 2.05) is 0 Å². The third kappa shape index (κ3) is 2.27. The molecular formula is C12H14FN3O2. The maximum Gasteiger partial charge on any atom is 0.254 e. The number of nitrogens with one attached hydrogen (secondary N) is 1. The number of nitrogens with two attached hydrogens (primary N) is 1. The fraction of sp³-hybridized carbons (Fsp3) is 0.333. The summed E-state index contributed by atoms with van der Waals surface area (Å²) < 4.78 is 12.9. The maximum absolute atomic E-state index is 12.9. The number of likely N-dealkylation sites (N-methyl/N-ethyl adjacent to an activating group) is 1. The van der Waals surface area contributed by atoms with E-state index in [4.69, 9.17) is 5.73 Å². The monoisotopic (exact) mass is 251 g/mol. The number of nitrogen functional groups attached to an aromatic ring is 1. The van der Waals surface area contributed by atoms with E-state index in [2.05, 4.69) is 5.32 Å². The molecule has 5 nitrogen and oxygen atoms in total. The average molecular weight is 251 g/mol. The number of anilines is 1. The van der Waals surface area contributed by atoms with E-state index < -0.39 is 17.8 Å². The van der Waals surface area contributed by atoms with Gasteiger partial charge in [0.1, 0.15) is 11.9 Å². The Morgan fingerprint density at radius 1 is 1.56 bits per heavy atom. The van der Waals surface area contributed by atoms with Gasteiger partial charge in [-0.15, -0.1) is 0 Å². The fourth-order valence-electron chi connectivity index (χ4n) is 1.93. The molecule has 0 spiro atoms. The highest BCUT2D eigenvalue weighted by Gasteiger charge is 2.30. The van der Waals surface area contributed by atoms with Crippen molar-refractivity contribution >= 4 is 17.5 Å². The smallest absolute Gasteiger partial charge is 0.254 e. The Bertz CT molecular complexity index is 504. The summed E-state index contributed by atoms with van der Waals surface area (Å²) in [5, 5.41) is 2.60. The number of carbonyl (C=O) groups is 2. The average Bonchev–Trinajstić information content (AvgIpc) is 2.61. The first-order valence-electron chi connectivity index (χ1n) is 5.60. The van der Waals surface area contributed by atoms with Crippen molar-refractivity contribution in [2.75, 3.05) is 19.3 Å². The lowest BCUT2D eigenvalue weighted by atomic mass is 10.1. The summed E-state index contributed by atoms with van der Waals surface area (Å²) >= 11 is 0.